The third-order valence-corrected chi connectivity index (χ3v) is 4.73. The fraction of sp³-hybridized carbons (Fsp3) is 0.0400. The average molecular weight is 380 g/mol. The van der Waals surface area contributed by atoms with E-state index in [2.05, 4.69) is 10.6 Å². The summed E-state index contributed by atoms with van der Waals surface area (Å²) in [5, 5.41) is 7.85. The predicted molar refractivity (Wildman–Crippen MR) is 117 cm³/mol. The topological polar surface area (TPSA) is 58.2 Å². The van der Waals surface area contributed by atoms with Crippen molar-refractivity contribution in [2.24, 2.45) is 0 Å². The number of benzene rings is 4. The van der Waals surface area contributed by atoms with Gasteiger partial charge in [-0.05, 0) is 48.7 Å². The first-order valence-corrected chi connectivity index (χ1v) is 9.37. The molecular weight excluding hydrogens is 360 g/mol. The van der Waals surface area contributed by atoms with E-state index < -0.39 is 0 Å². The first-order valence-electron chi connectivity index (χ1n) is 9.37. The maximum absolute atomic E-state index is 12.8. The number of carbonyl (C=O) groups is 2. The molecule has 0 atom stereocenters. The molecule has 142 valence electrons. The first kappa shape index (κ1) is 18.4. The second kappa shape index (κ2) is 7.98. The quantitative estimate of drug-likeness (QED) is 0.480. The minimum absolute atomic E-state index is 0.211. The lowest BCUT2D eigenvalue weighted by Crippen LogP contribution is -2.14. The van der Waals surface area contributed by atoms with Gasteiger partial charge in [0.05, 0.1) is 0 Å². The van der Waals surface area contributed by atoms with Crippen LogP contribution in [0.15, 0.2) is 91.0 Å². The highest BCUT2D eigenvalue weighted by Gasteiger charge is 2.11. The third-order valence-electron chi connectivity index (χ3n) is 4.73. The maximum Gasteiger partial charge on any atom is 0.255 e. The Morgan fingerprint density at radius 3 is 2.17 bits per heavy atom. The van der Waals surface area contributed by atoms with Gasteiger partial charge >= 0.3 is 0 Å². The highest BCUT2D eigenvalue weighted by molar-refractivity contribution is 6.10. The van der Waals surface area contributed by atoms with Crippen molar-refractivity contribution in [1.29, 1.82) is 0 Å². The molecule has 4 nitrogen and oxygen atoms in total. The van der Waals surface area contributed by atoms with Crippen LogP contribution in [0.5, 0.6) is 0 Å². The first-order chi connectivity index (χ1) is 14.1. The van der Waals surface area contributed by atoms with E-state index in [9.17, 15) is 9.59 Å². The number of fused-ring (bicyclic) bond motifs is 1. The summed E-state index contributed by atoms with van der Waals surface area (Å²) < 4.78 is 0. The Hall–Kier alpha value is -3.92. The van der Waals surface area contributed by atoms with E-state index in [1.165, 1.54) is 0 Å². The van der Waals surface area contributed by atoms with Gasteiger partial charge in [0.2, 0.25) is 0 Å². The lowest BCUT2D eigenvalue weighted by molar-refractivity contribution is 0.101. The van der Waals surface area contributed by atoms with Crippen molar-refractivity contribution < 1.29 is 9.59 Å². The van der Waals surface area contributed by atoms with Crippen molar-refractivity contribution in [3.05, 3.63) is 108 Å². The molecule has 0 radical (unpaired) electrons. The zero-order valence-corrected chi connectivity index (χ0v) is 16.0. The van der Waals surface area contributed by atoms with Crippen LogP contribution in [0.25, 0.3) is 10.8 Å². The SMILES string of the molecule is Cc1ccc(C(=O)Nc2cccc(C(=O)Nc3cccc4ccccc34)c2)cc1. The Morgan fingerprint density at radius 1 is 0.655 bits per heavy atom. The van der Waals surface area contributed by atoms with Crippen LogP contribution in [0.4, 0.5) is 11.4 Å². The van der Waals surface area contributed by atoms with Crippen molar-refractivity contribution in [1.82, 2.24) is 0 Å². The molecule has 0 aliphatic heterocycles. The van der Waals surface area contributed by atoms with Gasteiger partial charge in [-0.25, -0.2) is 0 Å². The Kier molecular flexibility index (Phi) is 5.08. The molecule has 0 aromatic heterocycles. The van der Waals surface area contributed by atoms with Gasteiger partial charge in [-0.2, -0.15) is 0 Å². The molecule has 0 saturated carbocycles. The van der Waals surface area contributed by atoms with Crippen LogP contribution in [0.3, 0.4) is 0 Å². The van der Waals surface area contributed by atoms with Crippen molar-refractivity contribution in [2.45, 2.75) is 6.92 Å². The van der Waals surface area contributed by atoms with Crippen LogP contribution >= 0.6 is 0 Å². The molecule has 0 bridgehead atoms. The molecule has 0 spiro atoms. The number of rotatable bonds is 4. The summed E-state index contributed by atoms with van der Waals surface area (Å²) in [7, 11) is 0. The Morgan fingerprint density at radius 2 is 1.34 bits per heavy atom. The normalized spacial score (nSPS) is 10.5. The maximum atomic E-state index is 12.8. The van der Waals surface area contributed by atoms with Crippen LogP contribution in [0, 0.1) is 6.92 Å². The van der Waals surface area contributed by atoms with Gasteiger partial charge in [0.25, 0.3) is 11.8 Å². The molecule has 4 aromatic rings. The lowest BCUT2D eigenvalue weighted by atomic mass is 10.1. The number of carbonyl (C=O) groups excluding carboxylic acids is 2. The van der Waals surface area contributed by atoms with E-state index >= 15 is 0 Å². The lowest BCUT2D eigenvalue weighted by Gasteiger charge is -2.10. The molecule has 0 aliphatic rings. The van der Waals surface area contributed by atoms with E-state index in [4.69, 9.17) is 0 Å². The molecule has 2 N–H and O–H groups in total. The van der Waals surface area contributed by atoms with Gasteiger partial charge < -0.3 is 10.6 Å². The fourth-order valence-corrected chi connectivity index (χ4v) is 3.18. The summed E-state index contributed by atoms with van der Waals surface area (Å²) in [5.74, 6) is -0.440. The van der Waals surface area contributed by atoms with Crippen molar-refractivity contribution >= 4 is 34.0 Å². The van der Waals surface area contributed by atoms with Crippen LogP contribution in [-0.4, -0.2) is 11.8 Å². The number of hydrogen-bond acceptors (Lipinski definition) is 2. The average Bonchev–Trinajstić information content (AvgIpc) is 2.74. The number of anilines is 2. The van der Waals surface area contributed by atoms with Gasteiger partial charge in [-0.15, -0.1) is 0 Å². The van der Waals surface area contributed by atoms with E-state index in [0.29, 0.717) is 16.8 Å². The summed E-state index contributed by atoms with van der Waals surface area (Å²) in [6.07, 6.45) is 0. The van der Waals surface area contributed by atoms with Crippen LogP contribution in [0.1, 0.15) is 26.3 Å². The monoisotopic (exact) mass is 380 g/mol. The second-order valence-electron chi connectivity index (χ2n) is 6.88. The van der Waals surface area contributed by atoms with E-state index in [1.807, 2.05) is 61.5 Å². The molecule has 29 heavy (non-hydrogen) atoms. The summed E-state index contributed by atoms with van der Waals surface area (Å²) in [6, 6.07) is 27.9. The van der Waals surface area contributed by atoms with Crippen molar-refractivity contribution in [2.75, 3.05) is 10.6 Å². The zero-order valence-electron chi connectivity index (χ0n) is 16.0. The number of amides is 2. The molecule has 0 aliphatic carbocycles. The Labute approximate surface area is 169 Å². The van der Waals surface area contributed by atoms with Crippen LogP contribution < -0.4 is 10.6 Å². The molecule has 0 heterocycles. The zero-order chi connectivity index (χ0) is 20.2. The van der Waals surface area contributed by atoms with Crippen molar-refractivity contribution in [3.8, 4) is 0 Å². The van der Waals surface area contributed by atoms with Gasteiger partial charge in [-0.1, -0.05) is 60.2 Å². The van der Waals surface area contributed by atoms with Crippen LogP contribution in [-0.2, 0) is 0 Å². The van der Waals surface area contributed by atoms with Gasteiger partial charge in [0.15, 0.2) is 0 Å². The molecule has 2 amide bonds. The molecular formula is C25H20N2O2. The molecule has 4 aromatic carbocycles. The Bertz CT molecular complexity index is 1190. The second-order valence-corrected chi connectivity index (χ2v) is 6.88. The van der Waals surface area contributed by atoms with E-state index in [0.717, 1.165) is 22.0 Å². The minimum Gasteiger partial charge on any atom is -0.322 e. The van der Waals surface area contributed by atoms with Crippen LogP contribution in [0.2, 0.25) is 0 Å². The fourth-order valence-electron chi connectivity index (χ4n) is 3.18. The number of hydrogen-bond donors (Lipinski definition) is 2. The molecule has 4 heteroatoms. The Balaban J connectivity index is 1.52. The van der Waals surface area contributed by atoms with E-state index in [1.54, 1.807) is 36.4 Å². The van der Waals surface area contributed by atoms with Gasteiger partial charge in [0, 0.05) is 27.9 Å². The minimum atomic E-state index is -0.229. The molecule has 0 fully saturated rings. The molecule has 0 unspecified atom stereocenters. The summed E-state index contributed by atoms with van der Waals surface area (Å²) >= 11 is 0. The number of aryl methyl sites for hydroxylation is 1. The standard InChI is InChI=1S/C25H20N2O2/c1-17-12-14-19(15-13-17)24(28)26-21-9-4-8-20(16-21)25(29)27-23-11-5-7-18-6-2-3-10-22(18)23/h2-16H,1H3,(H,26,28)(H,27,29). The highest BCUT2D eigenvalue weighted by atomic mass is 16.2. The van der Waals surface area contributed by atoms with Gasteiger partial charge in [0.1, 0.15) is 0 Å². The predicted octanol–water partition coefficient (Wildman–Crippen LogP) is 5.65. The molecule has 4 rings (SSSR count). The smallest absolute Gasteiger partial charge is 0.255 e. The van der Waals surface area contributed by atoms with E-state index in [-0.39, 0.29) is 11.8 Å². The largest absolute Gasteiger partial charge is 0.322 e. The molecule has 0 saturated heterocycles. The summed E-state index contributed by atoms with van der Waals surface area (Å²) in [5.41, 5.74) is 3.46. The van der Waals surface area contributed by atoms with Gasteiger partial charge in [-0.3, -0.25) is 9.59 Å². The number of nitrogens with one attached hydrogen (secondary N) is 2. The third kappa shape index (κ3) is 4.17. The highest BCUT2D eigenvalue weighted by Crippen LogP contribution is 2.24. The summed E-state index contributed by atoms with van der Waals surface area (Å²) in [6.45, 7) is 1.97. The summed E-state index contributed by atoms with van der Waals surface area (Å²) in [4.78, 5) is 25.2. The van der Waals surface area contributed by atoms with Crippen molar-refractivity contribution in [3.63, 3.8) is 0 Å².